The first-order chi connectivity index (χ1) is 14.2. The SMILES string of the molecule is Cl.O=C(Nc1ccc(N2CCCC2=O)cc1)c1cccc(C2CC2NCC2CC2)c1. The zero-order chi connectivity index (χ0) is 19.8. The van der Waals surface area contributed by atoms with Gasteiger partial charge in [-0.25, -0.2) is 0 Å². The topological polar surface area (TPSA) is 61.4 Å². The first-order valence-corrected chi connectivity index (χ1v) is 10.7. The van der Waals surface area contributed by atoms with E-state index in [1.165, 1.54) is 18.4 Å². The van der Waals surface area contributed by atoms with E-state index < -0.39 is 0 Å². The molecule has 2 unspecified atom stereocenters. The van der Waals surface area contributed by atoms with Gasteiger partial charge < -0.3 is 15.5 Å². The molecule has 0 aromatic heterocycles. The van der Waals surface area contributed by atoms with Crippen LogP contribution in [-0.4, -0.2) is 30.9 Å². The van der Waals surface area contributed by atoms with Gasteiger partial charge >= 0.3 is 0 Å². The Morgan fingerprint density at radius 1 is 1.10 bits per heavy atom. The Balaban J connectivity index is 0.00000218. The number of carbonyl (C=O) groups excluding carboxylic acids is 2. The average Bonchev–Trinajstić information content (AvgIpc) is 3.66. The van der Waals surface area contributed by atoms with Crippen LogP contribution in [0.1, 0.15) is 53.9 Å². The maximum absolute atomic E-state index is 12.7. The number of anilines is 2. The Kier molecular flexibility index (Phi) is 6.11. The molecular formula is C24H28ClN3O2. The highest BCUT2D eigenvalue weighted by Gasteiger charge is 2.39. The zero-order valence-corrected chi connectivity index (χ0v) is 17.8. The molecule has 158 valence electrons. The van der Waals surface area contributed by atoms with Gasteiger partial charge in [0, 0.05) is 41.9 Å². The van der Waals surface area contributed by atoms with Gasteiger partial charge in [-0.2, -0.15) is 0 Å². The molecule has 3 fully saturated rings. The van der Waals surface area contributed by atoms with Gasteiger partial charge in [0.1, 0.15) is 0 Å². The lowest BCUT2D eigenvalue weighted by Gasteiger charge is -2.16. The molecule has 2 atom stereocenters. The van der Waals surface area contributed by atoms with Gasteiger partial charge in [-0.05, 0) is 80.1 Å². The standard InChI is InChI=1S/C24H27N3O2.ClH/c28-23-5-2-12-27(23)20-10-8-19(9-11-20)26-24(29)18-4-1-3-17(13-18)21-14-22(21)25-15-16-6-7-16;/h1,3-4,8-11,13,16,21-22,25H,2,5-7,12,14-15H2,(H,26,29);1H. The maximum atomic E-state index is 12.7. The normalized spacial score (nSPS) is 22.5. The third-order valence-electron chi connectivity index (χ3n) is 6.24. The van der Waals surface area contributed by atoms with Gasteiger partial charge in [-0.1, -0.05) is 12.1 Å². The number of nitrogens with one attached hydrogen (secondary N) is 2. The van der Waals surface area contributed by atoms with Gasteiger partial charge in [0.15, 0.2) is 0 Å². The lowest BCUT2D eigenvalue weighted by molar-refractivity contribution is -0.117. The van der Waals surface area contributed by atoms with E-state index in [0.29, 0.717) is 23.9 Å². The van der Waals surface area contributed by atoms with Crippen molar-refractivity contribution in [3.05, 3.63) is 59.7 Å². The summed E-state index contributed by atoms with van der Waals surface area (Å²) < 4.78 is 0. The number of halogens is 1. The number of carbonyl (C=O) groups is 2. The molecule has 2 aliphatic carbocycles. The van der Waals surface area contributed by atoms with Gasteiger partial charge in [-0.3, -0.25) is 9.59 Å². The van der Waals surface area contributed by atoms with Crippen LogP contribution in [0.15, 0.2) is 48.5 Å². The molecule has 2 aromatic rings. The molecule has 2 saturated carbocycles. The molecule has 2 N–H and O–H groups in total. The third-order valence-corrected chi connectivity index (χ3v) is 6.24. The van der Waals surface area contributed by atoms with Crippen molar-refractivity contribution in [1.29, 1.82) is 0 Å². The Morgan fingerprint density at radius 3 is 2.60 bits per heavy atom. The summed E-state index contributed by atoms with van der Waals surface area (Å²) in [5.41, 5.74) is 3.57. The lowest BCUT2D eigenvalue weighted by Crippen LogP contribution is -2.23. The second-order valence-electron chi connectivity index (χ2n) is 8.58. The fourth-order valence-corrected chi connectivity index (χ4v) is 4.19. The average molecular weight is 426 g/mol. The van der Waals surface area contributed by atoms with Crippen LogP contribution in [0, 0.1) is 5.92 Å². The van der Waals surface area contributed by atoms with Crippen molar-refractivity contribution in [2.24, 2.45) is 5.92 Å². The van der Waals surface area contributed by atoms with Crippen molar-refractivity contribution in [3.63, 3.8) is 0 Å². The fraction of sp³-hybridized carbons (Fsp3) is 0.417. The number of amides is 2. The molecule has 0 spiro atoms. The largest absolute Gasteiger partial charge is 0.322 e. The van der Waals surface area contributed by atoms with Crippen molar-refractivity contribution < 1.29 is 9.59 Å². The van der Waals surface area contributed by atoms with Gasteiger partial charge in [0.2, 0.25) is 5.91 Å². The summed E-state index contributed by atoms with van der Waals surface area (Å²) in [6.07, 6.45) is 5.43. The predicted octanol–water partition coefficient (Wildman–Crippen LogP) is 4.34. The third kappa shape index (κ3) is 4.68. The van der Waals surface area contributed by atoms with E-state index in [1.54, 1.807) is 4.90 Å². The fourth-order valence-electron chi connectivity index (χ4n) is 4.19. The summed E-state index contributed by atoms with van der Waals surface area (Å²) in [6, 6.07) is 16.1. The molecular weight excluding hydrogens is 398 g/mol. The number of nitrogens with zero attached hydrogens (tertiary/aromatic N) is 1. The van der Waals surface area contributed by atoms with Crippen LogP contribution in [0.5, 0.6) is 0 Å². The van der Waals surface area contributed by atoms with E-state index in [9.17, 15) is 9.59 Å². The monoisotopic (exact) mass is 425 g/mol. The first kappa shape index (κ1) is 20.9. The molecule has 2 aromatic carbocycles. The van der Waals surface area contributed by atoms with Crippen LogP contribution in [0.2, 0.25) is 0 Å². The van der Waals surface area contributed by atoms with Crippen molar-refractivity contribution in [2.75, 3.05) is 23.3 Å². The molecule has 5 nitrogen and oxygen atoms in total. The molecule has 6 heteroatoms. The highest BCUT2D eigenvalue weighted by atomic mass is 35.5. The minimum atomic E-state index is -0.0972. The lowest BCUT2D eigenvalue weighted by atomic mass is 10.1. The molecule has 3 aliphatic rings. The molecule has 2 amide bonds. The number of hydrogen-bond acceptors (Lipinski definition) is 3. The van der Waals surface area contributed by atoms with Gasteiger partial charge in [-0.15, -0.1) is 12.4 Å². The number of rotatable bonds is 7. The minimum absolute atomic E-state index is 0. The summed E-state index contributed by atoms with van der Waals surface area (Å²) >= 11 is 0. The van der Waals surface area contributed by atoms with Crippen LogP contribution in [0.3, 0.4) is 0 Å². The van der Waals surface area contributed by atoms with E-state index in [4.69, 9.17) is 0 Å². The summed E-state index contributed by atoms with van der Waals surface area (Å²) in [6.45, 7) is 1.91. The zero-order valence-electron chi connectivity index (χ0n) is 17.0. The van der Waals surface area contributed by atoms with Crippen LogP contribution < -0.4 is 15.5 Å². The van der Waals surface area contributed by atoms with E-state index >= 15 is 0 Å². The Bertz CT molecular complexity index is 926. The second-order valence-corrected chi connectivity index (χ2v) is 8.58. The van der Waals surface area contributed by atoms with E-state index in [-0.39, 0.29) is 24.2 Å². The van der Waals surface area contributed by atoms with Crippen molar-refractivity contribution in [1.82, 2.24) is 5.32 Å². The molecule has 30 heavy (non-hydrogen) atoms. The summed E-state index contributed by atoms with van der Waals surface area (Å²) in [4.78, 5) is 26.4. The van der Waals surface area contributed by atoms with Crippen LogP contribution >= 0.6 is 12.4 Å². The Labute approximate surface area is 183 Å². The van der Waals surface area contributed by atoms with Crippen molar-refractivity contribution >= 4 is 35.6 Å². The van der Waals surface area contributed by atoms with Gasteiger partial charge in [0.05, 0.1) is 0 Å². The molecule has 1 aliphatic heterocycles. The van der Waals surface area contributed by atoms with Gasteiger partial charge in [0.25, 0.3) is 5.91 Å². The van der Waals surface area contributed by atoms with E-state index in [2.05, 4.69) is 16.7 Å². The van der Waals surface area contributed by atoms with E-state index in [1.807, 2.05) is 42.5 Å². The summed E-state index contributed by atoms with van der Waals surface area (Å²) in [5.74, 6) is 1.49. The first-order valence-electron chi connectivity index (χ1n) is 10.7. The van der Waals surface area contributed by atoms with Crippen LogP contribution in [0.4, 0.5) is 11.4 Å². The minimum Gasteiger partial charge on any atom is -0.322 e. The second kappa shape index (κ2) is 8.78. The number of hydrogen-bond donors (Lipinski definition) is 2. The highest BCUT2D eigenvalue weighted by molar-refractivity contribution is 6.04. The smallest absolute Gasteiger partial charge is 0.255 e. The van der Waals surface area contributed by atoms with Crippen LogP contribution in [0.25, 0.3) is 0 Å². The predicted molar refractivity (Wildman–Crippen MR) is 122 cm³/mol. The molecule has 1 heterocycles. The highest BCUT2D eigenvalue weighted by Crippen LogP contribution is 2.42. The van der Waals surface area contributed by atoms with Crippen molar-refractivity contribution in [2.45, 2.75) is 44.1 Å². The van der Waals surface area contributed by atoms with Crippen molar-refractivity contribution in [3.8, 4) is 0 Å². The summed E-state index contributed by atoms with van der Waals surface area (Å²) in [5, 5.41) is 6.63. The maximum Gasteiger partial charge on any atom is 0.255 e. The summed E-state index contributed by atoms with van der Waals surface area (Å²) in [7, 11) is 0. The van der Waals surface area contributed by atoms with Crippen LogP contribution in [-0.2, 0) is 4.79 Å². The molecule has 0 radical (unpaired) electrons. The van der Waals surface area contributed by atoms with E-state index in [0.717, 1.165) is 43.2 Å². The molecule has 1 saturated heterocycles. The quantitative estimate of drug-likeness (QED) is 0.693. The molecule has 0 bridgehead atoms. The number of benzene rings is 2. The Morgan fingerprint density at radius 2 is 1.90 bits per heavy atom. The molecule has 5 rings (SSSR count). The Hall–Kier alpha value is -2.37.